The molecule has 1 aliphatic rings. The largest absolute Gasteiger partial charge is 0.478 e. The second-order valence-corrected chi connectivity index (χ2v) is 5.80. The zero-order valence-corrected chi connectivity index (χ0v) is 13.6. The lowest BCUT2D eigenvalue weighted by molar-refractivity contribution is -0.163. The van der Waals surface area contributed by atoms with Crippen molar-refractivity contribution in [3.8, 4) is 0 Å². The molecule has 0 bridgehead atoms. The van der Waals surface area contributed by atoms with Crippen LogP contribution in [0.4, 0.5) is 0 Å². The Morgan fingerprint density at radius 2 is 2.38 bits per heavy atom. The zero-order chi connectivity index (χ0) is 16.9. The van der Waals surface area contributed by atoms with Crippen molar-refractivity contribution < 1.29 is 19.4 Å². The summed E-state index contributed by atoms with van der Waals surface area (Å²) < 4.78 is 13.1. The summed E-state index contributed by atoms with van der Waals surface area (Å²) in [6.45, 7) is 3.79. The van der Waals surface area contributed by atoms with Crippen LogP contribution in [0, 0.1) is 6.92 Å². The van der Waals surface area contributed by atoms with E-state index in [1.165, 1.54) is 0 Å². The number of carboxylic acids is 1. The Morgan fingerprint density at radius 1 is 1.50 bits per heavy atom. The molecule has 1 atom stereocenters. The number of aryl methyl sites for hydroxylation is 1. The van der Waals surface area contributed by atoms with Crippen LogP contribution in [0.2, 0.25) is 0 Å². The fourth-order valence-corrected chi connectivity index (χ4v) is 2.80. The van der Waals surface area contributed by atoms with Crippen LogP contribution in [0.15, 0.2) is 18.2 Å². The second-order valence-electron chi connectivity index (χ2n) is 5.80. The maximum Gasteiger partial charge on any atom is 0.328 e. The summed E-state index contributed by atoms with van der Waals surface area (Å²) in [6, 6.07) is 3.78. The van der Waals surface area contributed by atoms with Crippen LogP contribution in [0.25, 0.3) is 17.1 Å². The number of carboxylic acid groups (broad SMARTS) is 1. The van der Waals surface area contributed by atoms with Gasteiger partial charge in [0.2, 0.25) is 0 Å². The van der Waals surface area contributed by atoms with Gasteiger partial charge in [-0.05, 0) is 49.5 Å². The standard InChI is InChI=1S/C17H21N3O4/c1-12-13(6-8-15(21)22)5-7-14-17(12)18-19-20(14)9-11-24-16-4-2-3-10-23-16/h5-8,16H,2-4,9-11H2,1H3,(H,21,22)/b8-6+. The third-order valence-corrected chi connectivity index (χ3v) is 4.13. The first-order chi connectivity index (χ1) is 11.6. The first-order valence-corrected chi connectivity index (χ1v) is 8.12. The number of nitrogens with zero attached hydrogens (tertiary/aromatic N) is 3. The lowest BCUT2D eigenvalue weighted by Crippen LogP contribution is -2.24. The molecule has 0 saturated carbocycles. The van der Waals surface area contributed by atoms with Crippen molar-refractivity contribution >= 4 is 23.1 Å². The van der Waals surface area contributed by atoms with E-state index in [0.29, 0.717) is 13.2 Å². The van der Waals surface area contributed by atoms with E-state index in [1.807, 2.05) is 19.1 Å². The van der Waals surface area contributed by atoms with Crippen LogP contribution >= 0.6 is 0 Å². The molecule has 1 fully saturated rings. The Kier molecular flexibility index (Phi) is 5.22. The molecule has 1 aromatic carbocycles. The lowest BCUT2D eigenvalue weighted by Gasteiger charge is -2.22. The van der Waals surface area contributed by atoms with Crippen molar-refractivity contribution in [2.75, 3.05) is 13.2 Å². The van der Waals surface area contributed by atoms with E-state index >= 15 is 0 Å². The average molecular weight is 331 g/mol. The molecule has 2 aromatic rings. The number of rotatable bonds is 6. The molecule has 1 saturated heterocycles. The van der Waals surface area contributed by atoms with Crippen LogP contribution < -0.4 is 0 Å². The third kappa shape index (κ3) is 3.80. The van der Waals surface area contributed by atoms with E-state index in [0.717, 1.165) is 54.1 Å². The van der Waals surface area contributed by atoms with Gasteiger partial charge in [0, 0.05) is 12.7 Å². The van der Waals surface area contributed by atoms with Gasteiger partial charge < -0.3 is 14.6 Å². The molecule has 24 heavy (non-hydrogen) atoms. The lowest BCUT2D eigenvalue weighted by atomic mass is 10.1. The smallest absolute Gasteiger partial charge is 0.328 e. The highest BCUT2D eigenvalue weighted by Gasteiger charge is 2.14. The molecule has 1 aliphatic heterocycles. The predicted octanol–water partition coefficient (Wildman–Crippen LogP) is 2.38. The van der Waals surface area contributed by atoms with Gasteiger partial charge in [0.15, 0.2) is 6.29 Å². The SMILES string of the molecule is Cc1c(/C=C/C(=O)O)ccc2c1nnn2CCOC1CCCCO1. The molecule has 0 radical (unpaired) electrons. The van der Waals surface area contributed by atoms with Gasteiger partial charge in [0.25, 0.3) is 0 Å². The van der Waals surface area contributed by atoms with Crippen LogP contribution in [-0.4, -0.2) is 45.6 Å². The molecular formula is C17H21N3O4. The monoisotopic (exact) mass is 331 g/mol. The number of fused-ring (bicyclic) bond motifs is 1. The van der Waals surface area contributed by atoms with E-state index in [-0.39, 0.29) is 6.29 Å². The van der Waals surface area contributed by atoms with Crippen molar-refractivity contribution in [3.05, 3.63) is 29.3 Å². The number of benzene rings is 1. The van der Waals surface area contributed by atoms with Crippen LogP contribution in [-0.2, 0) is 20.8 Å². The van der Waals surface area contributed by atoms with Crippen molar-refractivity contribution in [2.45, 2.75) is 39.0 Å². The minimum absolute atomic E-state index is 0.108. The Hall–Kier alpha value is -2.25. The normalized spacial score (nSPS) is 18.5. The zero-order valence-electron chi connectivity index (χ0n) is 13.6. The number of ether oxygens (including phenoxy) is 2. The number of hydrogen-bond acceptors (Lipinski definition) is 5. The summed E-state index contributed by atoms with van der Waals surface area (Å²) in [4.78, 5) is 10.7. The highest BCUT2D eigenvalue weighted by Crippen LogP contribution is 2.21. The van der Waals surface area contributed by atoms with Crippen LogP contribution in [0.5, 0.6) is 0 Å². The number of carbonyl (C=O) groups is 1. The van der Waals surface area contributed by atoms with Crippen molar-refractivity contribution in [1.82, 2.24) is 15.0 Å². The molecule has 2 heterocycles. The minimum atomic E-state index is -0.972. The summed E-state index contributed by atoms with van der Waals surface area (Å²) in [5.74, 6) is -0.972. The molecule has 3 rings (SSSR count). The van der Waals surface area contributed by atoms with Crippen molar-refractivity contribution in [2.24, 2.45) is 0 Å². The van der Waals surface area contributed by atoms with Gasteiger partial charge in [0.05, 0.1) is 18.7 Å². The Balaban J connectivity index is 1.68. The van der Waals surface area contributed by atoms with E-state index in [2.05, 4.69) is 10.3 Å². The Bertz CT molecular complexity index is 748. The molecular weight excluding hydrogens is 310 g/mol. The predicted molar refractivity (Wildman–Crippen MR) is 88.5 cm³/mol. The van der Waals surface area contributed by atoms with Gasteiger partial charge in [0.1, 0.15) is 5.52 Å². The quantitative estimate of drug-likeness (QED) is 0.818. The molecule has 7 heteroatoms. The summed E-state index contributed by atoms with van der Waals surface area (Å²) in [6.07, 6.45) is 5.77. The third-order valence-electron chi connectivity index (χ3n) is 4.13. The number of aromatic nitrogens is 3. The maximum absolute atomic E-state index is 10.7. The molecule has 0 amide bonds. The summed E-state index contributed by atoms with van der Waals surface area (Å²) in [7, 11) is 0. The first-order valence-electron chi connectivity index (χ1n) is 8.12. The molecule has 7 nitrogen and oxygen atoms in total. The second kappa shape index (κ2) is 7.55. The topological polar surface area (TPSA) is 86.5 Å². The fourth-order valence-electron chi connectivity index (χ4n) is 2.80. The van der Waals surface area contributed by atoms with Crippen LogP contribution in [0.3, 0.4) is 0 Å². The van der Waals surface area contributed by atoms with Crippen molar-refractivity contribution in [3.63, 3.8) is 0 Å². The average Bonchev–Trinajstić information content (AvgIpc) is 2.99. The first kappa shape index (κ1) is 16.6. The molecule has 0 aliphatic carbocycles. The van der Waals surface area contributed by atoms with E-state index in [9.17, 15) is 4.79 Å². The van der Waals surface area contributed by atoms with Gasteiger partial charge in [-0.15, -0.1) is 5.10 Å². The van der Waals surface area contributed by atoms with E-state index in [1.54, 1.807) is 10.8 Å². The minimum Gasteiger partial charge on any atom is -0.478 e. The number of aliphatic carboxylic acids is 1. The summed E-state index contributed by atoms with van der Waals surface area (Å²) in [5.41, 5.74) is 3.42. The van der Waals surface area contributed by atoms with Gasteiger partial charge in [-0.3, -0.25) is 0 Å². The fraction of sp³-hybridized carbons (Fsp3) is 0.471. The van der Waals surface area contributed by atoms with Crippen LogP contribution in [0.1, 0.15) is 30.4 Å². The maximum atomic E-state index is 10.7. The highest BCUT2D eigenvalue weighted by molar-refractivity contribution is 5.88. The molecule has 1 aromatic heterocycles. The summed E-state index contributed by atoms with van der Waals surface area (Å²) >= 11 is 0. The Labute approximate surface area is 139 Å². The Morgan fingerprint density at radius 3 is 3.12 bits per heavy atom. The van der Waals surface area contributed by atoms with Gasteiger partial charge in [-0.1, -0.05) is 11.3 Å². The van der Waals surface area contributed by atoms with Crippen molar-refractivity contribution in [1.29, 1.82) is 0 Å². The van der Waals surface area contributed by atoms with Gasteiger partial charge >= 0.3 is 5.97 Å². The molecule has 1 N–H and O–H groups in total. The highest BCUT2D eigenvalue weighted by atomic mass is 16.7. The molecule has 1 unspecified atom stereocenters. The molecule has 0 spiro atoms. The number of hydrogen-bond donors (Lipinski definition) is 1. The van der Waals surface area contributed by atoms with Gasteiger partial charge in [-0.2, -0.15) is 0 Å². The summed E-state index contributed by atoms with van der Waals surface area (Å²) in [5, 5.41) is 17.1. The molecule has 128 valence electrons. The van der Waals surface area contributed by atoms with Gasteiger partial charge in [-0.25, -0.2) is 9.48 Å². The van der Waals surface area contributed by atoms with E-state index < -0.39 is 5.97 Å². The van der Waals surface area contributed by atoms with E-state index in [4.69, 9.17) is 14.6 Å².